The molecule has 0 unspecified atom stereocenters. The molecule has 0 aliphatic carbocycles. The Kier molecular flexibility index (Phi) is 5.60. The monoisotopic (exact) mass is 396 g/mol. The predicted molar refractivity (Wildman–Crippen MR) is 102 cm³/mol. The van der Waals surface area contributed by atoms with Crippen molar-refractivity contribution < 1.29 is 17.9 Å². The molecule has 4 rings (SSSR count). The van der Waals surface area contributed by atoms with Crippen molar-refractivity contribution in [1.82, 2.24) is 5.32 Å². The molecule has 140 valence electrons. The molecule has 0 bridgehead atoms. The Bertz CT molecular complexity index is 889. The van der Waals surface area contributed by atoms with Crippen molar-refractivity contribution in [2.75, 3.05) is 30.6 Å². The smallest absolute Gasteiger partial charge is 0.264 e. The van der Waals surface area contributed by atoms with E-state index in [0.29, 0.717) is 44.3 Å². The summed E-state index contributed by atoms with van der Waals surface area (Å²) in [6.07, 6.45) is 0.780. The molecule has 0 amide bonds. The number of sulfonamides is 1. The van der Waals surface area contributed by atoms with Crippen LogP contribution in [0.15, 0.2) is 47.4 Å². The second kappa shape index (κ2) is 7.73. The highest BCUT2D eigenvalue weighted by molar-refractivity contribution is 7.92. The van der Waals surface area contributed by atoms with Gasteiger partial charge in [0.1, 0.15) is 0 Å². The lowest BCUT2D eigenvalue weighted by molar-refractivity contribution is 0.297. The van der Waals surface area contributed by atoms with E-state index in [1.54, 1.807) is 18.2 Å². The molecule has 0 atom stereocenters. The van der Waals surface area contributed by atoms with Crippen LogP contribution in [0.4, 0.5) is 5.69 Å². The van der Waals surface area contributed by atoms with Gasteiger partial charge >= 0.3 is 0 Å². The lowest BCUT2D eigenvalue weighted by Crippen LogP contribution is -2.34. The first-order valence-corrected chi connectivity index (χ1v) is 9.81. The zero-order valence-electron chi connectivity index (χ0n) is 14.2. The molecule has 0 aromatic heterocycles. The normalized spacial score (nSPS) is 16.7. The van der Waals surface area contributed by atoms with Crippen LogP contribution in [0.25, 0.3) is 0 Å². The van der Waals surface area contributed by atoms with Gasteiger partial charge in [0.25, 0.3) is 10.0 Å². The second-order valence-electron chi connectivity index (χ2n) is 6.04. The molecule has 0 spiro atoms. The van der Waals surface area contributed by atoms with Gasteiger partial charge in [-0.1, -0.05) is 18.2 Å². The Hall–Kier alpha value is -1.96. The predicted octanol–water partition coefficient (Wildman–Crippen LogP) is 2.57. The van der Waals surface area contributed by atoms with E-state index in [1.807, 2.05) is 24.3 Å². The molecule has 0 radical (unpaired) electrons. The maximum absolute atomic E-state index is 13.3. The molecule has 6 nitrogen and oxygen atoms in total. The van der Waals surface area contributed by atoms with Gasteiger partial charge in [-0.2, -0.15) is 0 Å². The summed E-state index contributed by atoms with van der Waals surface area (Å²) in [5, 5.41) is 3.26. The van der Waals surface area contributed by atoms with E-state index in [1.165, 1.54) is 4.31 Å². The Morgan fingerprint density at radius 3 is 2.62 bits per heavy atom. The fourth-order valence-corrected chi connectivity index (χ4v) is 4.63. The van der Waals surface area contributed by atoms with Crippen molar-refractivity contribution in [3.05, 3.63) is 48.0 Å². The summed E-state index contributed by atoms with van der Waals surface area (Å²) in [7, 11) is -3.69. The van der Waals surface area contributed by atoms with Gasteiger partial charge in [-0.3, -0.25) is 4.31 Å². The SMILES string of the molecule is Cl.O=S(=O)(c1ccc2c(c1)OCCCO2)N1CCNCc2ccccc21. The summed E-state index contributed by atoms with van der Waals surface area (Å²) < 4.78 is 39.3. The lowest BCUT2D eigenvalue weighted by atomic mass is 10.2. The first-order chi connectivity index (χ1) is 12.2. The molecule has 8 heteroatoms. The van der Waals surface area contributed by atoms with Crippen molar-refractivity contribution in [3.63, 3.8) is 0 Å². The van der Waals surface area contributed by atoms with Crippen LogP contribution in [0.1, 0.15) is 12.0 Å². The molecule has 0 saturated heterocycles. The zero-order chi connectivity index (χ0) is 17.3. The Balaban J connectivity index is 0.00000196. The van der Waals surface area contributed by atoms with Gasteiger partial charge in [-0.15, -0.1) is 12.4 Å². The molecule has 0 saturated carbocycles. The topological polar surface area (TPSA) is 67.9 Å². The third kappa shape index (κ3) is 3.47. The molecule has 2 aliphatic heterocycles. The number of anilines is 1. The highest BCUT2D eigenvalue weighted by atomic mass is 35.5. The van der Waals surface area contributed by atoms with E-state index in [0.717, 1.165) is 17.7 Å². The average Bonchev–Trinajstić information content (AvgIpc) is 2.99. The Morgan fingerprint density at radius 2 is 1.77 bits per heavy atom. The fourth-order valence-electron chi connectivity index (χ4n) is 3.11. The molecule has 2 heterocycles. The van der Waals surface area contributed by atoms with Crippen molar-refractivity contribution in [2.45, 2.75) is 17.9 Å². The first-order valence-electron chi connectivity index (χ1n) is 8.37. The van der Waals surface area contributed by atoms with Crippen LogP contribution in [0, 0.1) is 0 Å². The molecular formula is C18H21ClN2O4S. The molecular weight excluding hydrogens is 376 g/mol. The minimum atomic E-state index is -3.69. The van der Waals surface area contributed by atoms with Gasteiger partial charge in [-0.25, -0.2) is 8.42 Å². The summed E-state index contributed by atoms with van der Waals surface area (Å²) in [6.45, 7) is 2.73. The molecule has 2 aromatic rings. The van der Waals surface area contributed by atoms with Crippen molar-refractivity contribution in [3.8, 4) is 11.5 Å². The van der Waals surface area contributed by atoms with Gasteiger partial charge < -0.3 is 14.8 Å². The number of hydrogen-bond acceptors (Lipinski definition) is 5. The van der Waals surface area contributed by atoms with Gasteiger partial charge in [0, 0.05) is 32.1 Å². The number of rotatable bonds is 2. The number of halogens is 1. The van der Waals surface area contributed by atoms with Gasteiger partial charge in [0.15, 0.2) is 11.5 Å². The van der Waals surface area contributed by atoms with E-state index >= 15 is 0 Å². The third-order valence-corrected chi connectivity index (χ3v) is 6.18. The quantitative estimate of drug-likeness (QED) is 0.845. The van der Waals surface area contributed by atoms with E-state index in [-0.39, 0.29) is 17.3 Å². The molecule has 1 N–H and O–H groups in total. The summed E-state index contributed by atoms with van der Waals surface area (Å²) >= 11 is 0. The van der Waals surface area contributed by atoms with Crippen molar-refractivity contribution >= 4 is 28.1 Å². The highest BCUT2D eigenvalue weighted by Gasteiger charge is 2.29. The van der Waals surface area contributed by atoms with Crippen LogP contribution in [0.3, 0.4) is 0 Å². The number of benzene rings is 2. The maximum atomic E-state index is 13.3. The van der Waals surface area contributed by atoms with Crippen LogP contribution in [-0.2, 0) is 16.6 Å². The molecule has 0 fully saturated rings. The fraction of sp³-hybridized carbons (Fsp3) is 0.333. The van der Waals surface area contributed by atoms with Crippen molar-refractivity contribution in [1.29, 1.82) is 0 Å². The van der Waals surface area contributed by atoms with E-state index < -0.39 is 10.0 Å². The van der Waals surface area contributed by atoms with Gasteiger partial charge in [0.2, 0.25) is 0 Å². The largest absolute Gasteiger partial charge is 0.490 e. The van der Waals surface area contributed by atoms with E-state index in [9.17, 15) is 8.42 Å². The van der Waals surface area contributed by atoms with Crippen LogP contribution in [-0.4, -0.2) is 34.7 Å². The highest BCUT2D eigenvalue weighted by Crippen LogP contribution is 2.34. The zero-order valence-corrected chi connectivity index (χ0v) is 15.8. The van der Waals surface area contributed by atoms with Crippen LogP contribution in [0.2, 0.25) is 0 Å². The van der Waals surface area contributed by atoms with Crippen LogP contribution >= 0.6 is 12.4 Å². The number of ether oxygens (including phenoxy) is 2. The van der Waals surface area contributed by atoms with Gasteiger partial charge in [-0.05, 0) is 23.8 Å². The summed E-state index contributed by atoms with van der Waals surface area (Å²) in [4.78, 5) is 0.216. The molecule has 2 aromatic carbocycles. The number of fused-ring (bicyclic) bond motifs is 2. The van der Waals surface area contributed by atoms with E-state index in [2.05, 4.69) is 5.32 Å². The van der Waals surface area contributed by atoms with E-state index in [4.69, 9.17) is 9.47 Å². The first kappa shape index (κ1) is 18.8. The van der Waals surface area contributed by atoms with Crippen LogP contribution in [0.5, 0.6) is 11.5 Å². The van der Waals surface area contributed by atoms with Crippen molar-refractivity contribution in [2.24, 2.45) is 0 Å². The third-order valence-electron chi connectivity index (χ3n) is 4.37. The number of nitrogens with one attached hydrogen (secondary N) is 1. The maximum Gasteiger partial charge on any atom is 0.264 e. The summed E-state index contributed by atoms with van der Waals surface area (Å²) in [6, 6.07) is 12.4. The molecule has 26 heavy (non-hydrogen) atoms. The Morgan fingerprint density at radius 1 is 1.00 bits per heavy atom. The standard InChI is InChI=1S/C18H20N2O4S.ClH/c21-25(22,15-6-7-17-18(12-15)24-11-3-10-23-17)20-9-8-19-13-14-4-1-2-5-16(14)20;/h1-2,4-7,12,19H,3,8-11,13H2;1H. The Labute approximate surface area is 159 Å². The summed E-state index contributed by atoms with van der Waals surface area (Å²) in [5.41, 5.74) is 1.69. The number of hydrogen-bond donors (Lipinski definition) is 1. The van der Waals surface area contributed by atoms with Crippen LogP contribution < -0.4 is 19.1 Å². The lowest BCUT2D eigenvalue weighted by Gasteiger charge is -2.24. The number of nitrogens with zero attached hydrogens (tertiary/aromatic N) is 1. The van der Waals surface area contributed by atoms with Gasteiger partial charge in [0.05, 0.1) is 23.8 Å². The average molecular weight is 397 g/mol. The number of para-hydroxylation sites is 1. The molecule has 2 aliphatic rings. The minimum Gasteiger partial charge on any atom is -0.490 e. The summed E-state index contributed by atoms with van der Waals surface area (Å²) in [5.74, 6) is 1.08. The second-order valence-corrected chi connectivity index (χ2v) is 7.90. The minimum absolute atomic E-state index is 0.